The molecule has 9 nitrogen and oxygen atoms in total. The van der Waals surface area contributed by atoms with E-state index in [1.165, 1.54) is 6.42 Å². The molecule has 0 aliphatic heterocycles. The van der Waals surface area contributed by atoms with E-state index in [9.17, 15) is 19.5 Å². The van der Waals surface area contributed by atoms with Crippen LogP contribution in [0.4, 0.5) is 0 Å². The number of carbonyl (C=O) groups excluding carboxylic acids is 2. The molecule has 0 spiro atoms. The molecule has 320 valence electrons. The first-order valence-corrected chi connectivity index (χ1v) is 21.6. The van der Waals surface area contributed by atoms with Crippen LogP contribution < -0.4 is 0 Å². The van der Waals surface area contributed by atoms with Gasteiger partial charge in [0.25, 0.3) is 6.29 Å². The number of carboxylic acid groups (broad SMARTS) is 1. The van der Waals surface area contributed by atoms with Gasteiger partial charge in [0, 0.05) is 12.8 Å². The molecule has 0 aromatic rings. The molecule has 0 amide bonds. The summed E-state index contributed by atoms with van der Waals surface area (Å²) in [4.78, 5) is 37.0. The van der Waals surface area contributed by atoms with Gasteiger partial charge in [0.2, 0.25) is 0 Å². The van der Waals surface area contributed by atoms with Crippen molar-refractivity contribution >= 4 is 17.9 Å². The summed E-state index contributed by atoms with van der Waals surface area (Å²) < 4.78 is 22.6. The molecule has 2 atom stereocenters. The second-order valence-corrected chi connectivity index (χ2v) is 15.3. The van der Waals surface area contributed by atoms with Crippen LogP contribution in [0, 0.1) is 0 Å². The number of hydrogen-bond acceptors (Lipinski definition) is 7. The Morgan fingerprint density at radius 2 is 1.02 bits per heavy atom. The number of rotatable bonds is 38. The van der Waals surface area contributed by atoms with Gasteiger partial charge in [-0.1, -0.05) is 132 Å². The first-order chi connectivity index (χ1) is 27.1. The number of allylic oxidation sites excluding steroid dienone is 12. The standard InChI is InChI=1S/C47H79NO8/c1-6-8-10-12-14-16-18-19-20-21-22-23-24-25-26-27-28-30-32-34-36-38-45(50)56-43(42-55-47(46(51)52)53-40-39-48(3,4)5)41-54-44(49)37-35-33-31-29-17-15-13-11-9-7-2/h8,10-11,13-14,16,19-20,22-23,25-26,43,47H,6-7,9,12,15,17-18,21,24,27-42H2,1-5H3/p+1/b10-8-,13-11-,16-14-,20-19-,23-22-,26-25-. The fourth-order valence-corrected chi connectivity index (χ4v) is 5.33. The van der Waals surface area contributed by atoms with Crippen LogP contribution in [0.15, 0.2) is 72.9 Å². The Morgan fingerprint density at radius 3 is 1.54 bits per heavy atom. The van der Waals surface area contributed by atoms with Gasteiger partial charge >= 0.3 is 17.9 Å². The van der Waals surface area contributed by atoms with Gasteiger partial charge in [-0.25, -0.2) is 4.79 Å². The number of esters is 2. The van der Waals surface area contributed by atoms with Crippen molar-refractivity contribution in [3.8, 4) is 0 Å². The van der Waals surface area contributed by atoms with E-state index < -0.39 is 24.3 Å². The maximum Gasteiger partial charge on any atom is 0.361 e. The number of aliphatic carboxylic acids is 1. The Balaban J connectivity index is 4.48. The van der Waals surface area contributed by atoms with E-state index in [1.807, 2.05) is 21.1 Å². The molecule has 2 unspecified atom stereocenters. The lowest BCUT2D eigenvalue weighted by Gasteiger charge is -2.25. The van der Waals surface area contributed by atoms with Crippen LogP contribution >= 0.6 is 0 Å². The molecule has 9 heteroatoms. The largest absolute Gasteiger partial charge is 0.477 e. The molecule has 0 aromatic carbocycles. The lowest BCUT2D eigenvalue weighted by atomic mass is 10.1. The van der Waals surface area contributed by atoms with E-state index in [0.29, 0.717) is 17.4 Å². The molecule has 56 heavy (non-hydrogen) atoms. The Labute approximate surface area is 341 Å². The van der Waals surface area contributed by atoms with Gasteiger partial charge < -0.3 is 28.5 Å². The van der Waals surface area contributed by atoms with Gasteiger partial charge in [-0.2, -0.15) is 0 Å². The highest BCUT2D eigenvalue weighted by Crippen LogP contribution is 2.12. The molecule has 0 bridgehead atoms. The number of likely N-dealkylation sites (N-methyl/N-ethyl adjacent to an activating group) is 1. The van der Waals surface area contributed by atoms with Crippen molar-refractivity contribution in [1.29, 1.82) is 0 Å². The quantitative estimate of drug-likeness (QED) is 0.0217. The minimum Gasteiger partial charge on any atom is -0.477 e. The average Bonchev–Trinajstić information content (AvgIpc) is 3.15. The number of carbonyl (C=O) groups is 3. The monoisotopic (exact) mass is 787 g/mol. The summed E-state index contributed by atoms with van der Waals surface area (Å²) in [5, 5.41) is 9.61. The Morgan fingerprint density at radius 1 is 0.554 bits per heavy atom. The van der Waals surface area contributed by atoms with Gasteiger partial charge in [-0.05, 0) is 77.0 Å². The summed E-state index contributed by atoms with van der Waals surface area (Å²) in [5.41, 5.74) is 0. The van der Waals surface area contributed by atoms with Crippen molar-refractivity contribution < 1.29 is 42.9 Å². The van der Waals surface area contributed by atoms with Crippen molar-refractivity contribution in [2.45, 2.75) is 161 Å². The molecule has 0 saturated carbocycles. The Bertz CT molecular complexity index is 1150. The molecule has 1 N–H and O–H groups in total. The van der Waals surface area contributed by atoms with Crippen LogP contribution in [0.2, 0.25) is 0 Å². The topological polar surface area (TPSA) is 108 Å². The molecular formula is C47H80NO8+. The Hall–Kier alpha value is -3.27. The molecule has 0 saturated heterocycles. The fraction of sp³-hybridized carbons (Fsp3) is 0.681. The molecule has 0 heterocycles. The zero-order chi connectivity index (χ0) is 41.4. The summed E-state index contributed by atoms with van der Waals surface area (Å²) in [6.07, 6.45) is 43.9. The minimum atomic E-state index is -1.52. The highest BCUT2D eigenvalue weighted by atomic mass is 16.7. The third kappa shape index (κ3) is 39.0. The van der Waals surface area contributed by atoms with Crippen LogP contribution in [-0.4, -0.2) is 87.4 Å². The first kappa shape index (κ1) is 52.7. The molecule has 0 rings (SSSR count). The summed E-state index contributed by atoms with van der Waals surface area (Å²) in [5.74, 6) is -2.06. The number of hydrogen-bond donors (Lipinski definition) is 1. The van der Waals surface area contributed by atoms with E-state index in [4.69, 9.17) is 18.9 Å². The summed E-state index contributed by atoms with van der Waals surface area (Å²) in [6.45, 7) is 4.63. The van der Waals surface area contributed by atoms with Crippen molar-refractivity contribution in [2.24, 2.45) is 0 Å². The lowest BCUT2D eigenvalue weighted by Crippen LogP contribution is -2.40. The number of ether oxygens (including phenoxy) is 4. The number of quaternary nitrogens is 1. The van der Waals surface area contributed by atoms with E-state index in [0.717, 1.165) is 109 Å². The molecule has 0 fully saturated rings. The average molecular weight is 787 g/mol. The zero-order valence-electron chi connectivity index (χ0n) is 36.0. The van der Waals surface area contributed by atoms with Crippen LogP contribution in [0.25, 0.3) is 0 Å². The van der Waals surface area contributed by atoms with Crippen LogP contribution in [0.3, 0.4) is 0 Å². The summed E-state index contributed by atoms with van der Waals surface area (Å²) in [7, 11) is 5.93. The Kier molecular flexibility index (Phi) is 36.3. The maximum atomic E-state index is 12.7. The van der Waals surface area contributed by atoms with E-state index in [2.05, 4.69) is 86.8 Å². The number of unbranched alkanes of at least 4 members (excludes halogenated alkanes) is 11. The number of carboxylic acids is 1. The molecule has 0 aliphatic carbocycles. The predicted molar refractivity (Wildman–Crippen MR) is 230 cm³/mol. The smallest absolute Gasteiger partial charge is 0.361 e. The van der Waals surface area contributed by atoms with Crippen LogP contribution in [0.1, 0.15) is 149 Å². The molecule has 0 aliphatic rings. The third-order valence-corrected chi connectivity index (χ3v) is 8.68. The van der Waals surface area contributed by atoms with Crippen molar-refractivity contribution in [3.05, 3.63) is 72.9 Å². The van der Waals surface area contributed by atoms with Crippen molar-refractivity contribution in [3.63, 3.8) is 0 Å². The normalized spacial score (nSPS) is 13.7. The summed E-state index contributed by atoms with van der Waals surface area (Å²) >= 11 is 0. The highest BCUT2D eigenvalue weighted by Gasteiger charge is 2.25. The van der Waals surface area contributed by atoms with E-state index in [1.54, 1.807) is 0 Å². The van der Waals surface area contributed by atoms with E-state index >= 15 is 0 Å². The molecular weight excluding hydrogens is 707 g/mol. The minimum absolute atomic E-state index is 0.178. The highest BCUT2D eigenvalue weighted by molar-refractivity contribution is 5.71. The van der Waals surface area contributed by atoms with Gasteiger partial charge in [0.15, 0.2) is 6.10 Å². The van der Waals surface area contributed by atoms with E-state index in [-0.39, 0.29) is 38.6 Å². The molecule has 0 radical (unpaired) electrons. The first-order valence-electron chi connectivity index (χ1n) is 21.6. The van der Waals surface area contributed by atoms with Crippen molar-refractivity contribution in [2.75, 3.05) is 47.5 Å². The van der Waals surface area contributed by atoms with Gasteiger partial charge in [0.05, 0.1) is 34.4 Å². The maximum absolute atomic E-state index is 12.7. The number of nitrogens with zero attached hydrogens (tertiary/aromatic N) is 1. The van der Waals surface area contributed by atoms with Crippen LogP contribution in [0.5, 0.6) is 0 Å². The molecule has 0 aromatic heterocycles. The van der Waals surface area contributed by atoms with Gasteiger partial charge in [-0.15, -0.1) is 0 Å². The zero-order valence-corrected chi connectivity index (χ0v) is 36.0. The van der Waals surface area contributed by atoms with Gasteiger partial charge in [-0.3, -0.25) is 9.59 Å². The van der Waals surface area contributed by atoms with Crippen LogP contribution in [-0.2, 0) is 33.3 Å². The lowest BCUT2D eigenvalue weighted by molar-refractivity contribution is -0.870. The second-order valence-electron chi connectivity index (χ2n) is 15.3. The third-order valence-electron chi connectivity index (χ3n) is 8.68. The fourth-order valence-electron chi connectivity index (χ4n) is 5.33. The second kappa shape index (κ2) is 38.6. The SMILES string of the molecule is CC/C=C\C/C=C\C/C=C\C/C=C\C/C=C\CCCCCCCC(=O)OC(COC(=O)CCCCCCC/C=C\CCC)COC(OCC[N+](C)(C)C)C(=O)O. The summed E-state index contributed by atoms with van der Waals surface area (Å²) in [6, 6.07) is 0. The van der Waals surface area contributed by atoms with Crippen molar-refractivity contribution in [1.82, 2.24) is 0 Å². The van der Waals surface area contributed by atoms with Gasteiger partial charge in [0.1, 0.15) is 13.2 Å². The predicted octanol–water partition coefficient (Wildman–Crippen LogP) is 11.2.